The minimum atomic E-state index is -0.153. The minimum Gasteiger partial charge on any atom is -0.310 e. The number of nitrogens with one attached hydrogen (secondary N) is 1. The molecule has 0 spiro atoms. The first-order valence-corrected chi connectivity index (χ1v) is 8.17. The van der Waals surface area contributed by atoms with Crippen LogP contribution in [0.1, 0.15) is 29.2 Å². The highest BCUT2D eigenvalue weighted by Gasteiger charge is 2.31. The highest BCUT2D eigenvalue weighted by Crippen LogP contribution is 2.38. The van der Waals surface area contributed by atoms with Gasteiger partial charge in [-0.25, -0.2) is 4.98 Å². The van der Waals surface area contributed by atoms with Crippen LogP contribution in [0.25, 0.3) is 5.69 Å². The van der Waals surface area contributed by atoms with E-state index in [0.29, 0.717) is 22.8 Å². The first-order chi connectivity index (χ1) is 12.2. The lowest BCUT2D eigenvalue weighted by atomic mass is 9.89. The van der Waals surface area contributed by atoms with Gasteiger partial charge in [-0.1, -0.05) is 35.9 Å². The highest BCUT2D eigenvalue weighted by atomic mass is 35.5. The first-order valence-electron chi connectivity index (χ1n) is 7.79. The normalized spacial score (nSPS) is 16.0. The van der Waals surface area contributed by atoms with Gasteiger partial charge in [-0.15, -0.1) is 0 Å². The van der Waals surface area contributed by atoms with Crippen molar-refractivity contribution >= 4 is 23.3 Å². The summed E-state index contributed by atoms with van der Waals surface area (Å²) in [6, 6.07) is 16.8. The number of benzene rings is 2. The minimum absolute atomic E-state index is 0.0735. The standard InChI is InChI=1S/C19H13ClN4O/c20-15-3-1-2-4-16(15)24-11-22-18-14(9-17(25)23-19(18)24)13-7-5-12(10-21)6-8-13/h1-8,11,14H,9H2,(H,23,25)/t14-/m1/s1. The summed E-state index contributed by atoms with van der Waals surface area (Å²) >= 11 is 6.29. The van der Waals surface area contributed by atoms with Crippen molar-refractivity contribution in [1.82, 2.24) is 9.55 Å². The number of nitrogens with zero attached hydrogens (tertiary/aromatic N) is 3. The molecule has 4 rings (SSSR count). The lowest BCUT2D eigenvalue weighted by Crippen LogP contribution is -2.24. The number of nitriles is 1. The molecule has 122 valence electrons. The van der Waals surface area contributed by atoms with Crippen LogP contribution < -0.4 is 5.32 Å². The molecule has 0 saturated heterocycles. The monoisotopic (exact) mass is 348 g/mol. The van der Waals surface area contributed by atoms with E-state index in [4.69, 9.17) is 16.9 Å². The molecule has 0 saturated carbocycles. The van der Waals surface area contributed by atoms with Gasteiger partial charge >= 0.3 is 0 Å². The zero-order chi connectivity index (χ0) is 17.4. The second-order valence-electron chi connectivity index (χ2n) is 5.84. The molecule has 3 aromatic rings. The van der Waals surface area contributed by atoms with Gasteiger partial charge in [-0.3, -0.25) is 9.36 Å². The second-order valence-corrected chi connectivity index (χ2v) is 6.25. The van der Waals surface area contributed by atoms with Gasteiger partial charge in [-0.05, 0) is 29.8 Å². The zero-order valence-corrected chi connectivity index (χ0v) is 13.9. The number of carbonyl (C=O) groups is 1. The molecule has 25 heavy (non-hydrogen) atoms. The highest BCUT2D eigenvalue weighted by molar-refractivity contribution is 6.32. The Balaban J connectivity index is 1.81. The van der Waals surface area contributed by atoms with E-state index in [-0.39, 0.29) is 11.8 Å². The Bertz CT molecular complexity index is 1000. The van der Waals surface area contributed by atoms with Crippen LogP contribution >= 0.6 is 11.6 Å². The van der Waals surface area contributed by atoms with Crippen LogP contribution in [0.2, 0.25) is 5.02 Å². The molecule has 0 bridgehead atoms. The van der Waals surface area contributed by atoms with Crippen LogP contribution in [-0.2, 0) is 4.79 Å². The number of halogens is 1. The van der Waals surface area contributed by atoms with Crippen molar-refractivity contribution in [2.24, 2.45) is 0 Å². The fourth-order valence-electron chi connectivity index (χ4n) is 3.10. The Morgan fingerprint density at radius 1 is 1.20 bits per heavy atom. The van der Waals surface area contributed by atoms with E-state index in [1.54, 1.807) is 29.1 Å². The molecule has 1 atom stereocenters. The Hall–Kier alpha value is -3.10. The number of hydrogen-bond donors (Lipinski definition) is 1. The third-order valence-corrected chi connectivity index (χ3v) is 4.65. The van der Waals surface area contributed by atoms with Crippen LogP contribution in [0.4, 0.5) is 5.82 Å². The van der Waals surface area contributed by atoms with Crippen LogP contribution in [-0.4, -0.2) is 15.5 Å². The van der Waals surface area contributed by atoms with Gasteiger partial charge in [-0.2, -0.15) is 5.26 Å². The van der Waals surface area contributed by atoms with Crippen LogP contribution in [0.3, 0.4) is 0 Å². The summed E-state index contributed by atoms with van der Waals surface area (Å²) in [5, 5.41) is 12.4. The van der Waals surface area contributed by atoms with E-state index >= 15 is 0 Å². The smallest absolute Gasteiger partial charge is 0.226 e. The van der Waals surface area contributed by atoms with Gasteiger partial charge in [0.2, 0.25) is 5.91 Å². The maximum Gasteiger partial charge on any atom is 0.226 e. The van der Waals surface area contributed by atoms with Gasteiger partial charge in [0.1, 0.15) is 12.1 Å². The topological polar surface area (TPSA) is 70.7 Å². The lowest BCUT2D eigenvalue weighted by molar-refractivity contribution is -0.116. The number of amides is 1. The third kappa shape index (κ3) is 2.67. The van der Waals surface area contributed by atoms with E-state index < -0.39 is 0 Å². The molecule has 2 heterocycles. The Morgan fingerprint density at radius 2 is 1.96 bits per heavy atom. The molecule has 0 aliphatic carbocycles. The van der Waals surface area contributed by atoms with Crippen molar-refractivity contribution in [2.45, 2.75) is 12.3 Å². The van der Waals surface area contributed by atoms with Crippen LogP contribution in [0, 0.1) is 11.3 Å². The van der Waals surface area contributed by atoms with Gasteiger partial charge in [0.15, 0.2) is 0 Å². The molecule has 1 aliphatic rings. The Morgan fingerprint density at radius 3 is 2.68 bits per heavy atom. The largest absolute Gasteiger partial charge is 0.310 e. The molecule has 0 radical (unpaired) electrons. The molecule has 0 fully saturated rings. The molecule has 6 heteroatoms. The number of fused-ring (bicyclic) bond motifs is 1. The summed E-state index contributed by atoms with van der Waals surface area (Å²) in [5.41, 5.74) is 3.10. The van der Waals surface area contributed by atoms with E-state index in [0.717, 1.165) is 16.9 Å². The number of hydrogen-bond acceptors (Lipinski definition) is 3. The number of aromatic nitrogens is 2. The molecule has 0 unspecified atom stereocenters. The van der Waals surface area contributed by atoms with Crippen molar-refractivity contribution < 1.29 is 4.79 Å². The number of anilines is 1. The molecule has 1 aliphatic heterocycles. The van der Waals surface area contributed by atoms with E-state index in [9.17, 15) is 4.79 Å². The summed E-state index contributed by atoms with van der Waals surface area (Å²) in [4.78, 5) is 16.8. The van der Waals surface area contributed by atoms with Gasteiger partial charge in [0.05, 0.1) is 28.0 Å². The van der Waals surface area contributed by atoms with Crippen LogP contribution in [0.15, 0.2) is 54.9 Å². The zero-order valence-electron chi connectivity index (χ0n) is 13.1. The van der Waals surface area contributed by atoms with Gasteiger partial charge in [0.25, 0.3) is 0 Å². The molecule has 1 N–H and O–H groups in total. The molecule has 2 aromatic carbocycles. The van der Waals surface area contributed by atoms with E-state index in [1.165, 1.54) is 0 Å². The average Bonchev–Trinajstić information content (AvgIpc) is 3.05. The SMILES string of the molecule is N#Cc1ccc([C@H]2CC(=O)Nc3c2ncn3-c2ccccc2Cl)cc1. The van der Waals surface area contributed by atoms with Crippen molar-refractivity contribution in [3.63, 3.8) is 0 Å². The number of rotatable bonds is 2. The summed E-state index contributed by atoms with van der Waals surface area (Å²) < 4.78 is 1.80. The molecule has 1 aromatic heterocycles. The van der Waals surface area contributed by atoms with Crippen molar-refractivity contribution in [3.8, 4) is 11.8 Å². The average molecular weight is 349 g/mol. The lowest BCUT2D eigenvalue weighted by Gasteiger charge is -2.23. The summed E-state index contributed by atoms with van der Waals surface area (Å²) in [6.45, 7) is 0. The number of imidazole rings is 1. The van der Waals surface area contributed by atoms with E-state index in [1.807, 2.05) is 30.3 Å². The van der Waals surface area contributed by atoms with Crippen LogP contribution in [0.5, 0.6) is 0 Å². The summed E-state index contributed by atoms with van der Waals surface area (Å²) in [7, 11) is 0. The molecule has 1 amide bonds. The Kier molecular flexibility index (Phi) is 3.75. The maximum atomic E-state index is 12.3. The van der Waals surface area contributed by atoms with E-state index in [2.05, 4.69) is 16.4 Å². The third-order valence-electron chi connectivity index (χ3n) is 4.33. The number of para-hydroxylation sites is 1. The molecular weight excluding hydrogens is 336 g/mol. The Labute approximate surface area is 149 Å². The molecule has 5 nitrogen and oxygen atoms in total. The van der Waals surface area contributed by atoms with Crippen molar-refractivity contribution in [1.29, 1.82) is 5.26 Å². The molecular formula is C19H13ClN4O. The fraction of sp³-hybridized carbons (Fsp3) is 0.105. The summed E-state index contributed by atoms with van der Waals surface area (Å²) in [6.07, 6.45) is 1.99. The fourth-order valence-corrected chi connectivity index (χ4v) is 3.33. The van der Waals surface area contributed by atoms with Crippen molar-refractivity contribution in [2.75, 3.05) is 5.32 Å². The van der Waals surface area contributed by atoms with Crippen molar-refractivity contribution in [3.05, 3.63) is 76.7 Å². The predicted octanol–water partition coefficient (Wildman–Crippen LogP) is 3.87. The first kappa shape index (κ1) is 15.4. The summed E-state index contributed by atoms with van der Waals surface area (Å²) in [5.74, 6) is 0.412. The van der Waals surface area contributed by atoms with Gasteiger partial charge < -0.3 is 5.32 Å². The maximum absolute atomic E-state index is 12.3. The quantitative estimate of drug-likeness (QED) is 0.764. The second kappa shape index (κ2) is 6.08. The van der Waals surface area contributed by atoms with Gasteiger partial charge in [0, 0.05) is 12.3 Å². The predicted molar refractivity (Wildman–Crippen MR) is 94.8 cm³/mol. The number of carbonyl (C=O) groups excluding carboxylic acids is 1.